The molecule has 0 aromatic heterocycles. The van der Waals surface area contributed by atoms with E-state index in [0.29, 0.717) is 0 Å². The molecule has 1 fully saturated rings. The maximum Gasteiger partial charge on any atom is 0.394 e. The summed E-state index contributed by atoms with van der Waals surface area (Å²) in [6.45, 7) is 0.167. The standard InChI is InChI=1S/C5H9F3N2/c1-9-10-2-4(3-10)5(6,7)8/h4,9H,2-3H2,1H3. The number of nitrogens with zero attached hydrogens (tertiary/aromatic N) is 1. The van der Waals surface area contributed by atoms with E-state index in [-0.39, 0.29) is 13.1 Å². The summed E-state index contributed by atoms with van der Waals surface area (Å²) < 4.78 is 35.3. The van der Waals surface area contributed by atoms with Crippen LogP contribution in [0.1, 0.15) is 0 Å². The summed E-state index contributed by atoms with van der Waals surface area (Å²) in [4.78, 5) is 0. The van der Waals surface area contributed by atoms with E-state index >= 15 is 0 Å². The summed E-state index contributed by atoms with van der Waals surface area (Å²) in [5, 5.41) is 1.53. The van der Waals surface area contributed by atoms with E-state index in [1.54, 1.807) is 7.05 Å². The zero-order chi connectivity index (χ0) is 7.78. The van der Waals surface area contributed by atoms with Crippen molar-refractivity contribution in [3.05, 3.63) is 0 Å². The zero-order valence-corrected chi connectivity index (χ0v) is 5.57. The molecular formula is C5H9F3N2. The Morgan fingerprint density at radius 1 is 1.40 bits per heavy atom. The third-order valence-electron chi connectivity index (χ3n) is 1.66. The van der Waals surface area contributed by atoms with Crippen molar-refractivity contribution in [2.24, 2.45) is 5.92 Å². The predicted octanol–water partition coefficient (Wildman–Crippen LogP) is 0.615. The summed E-state index contributed by atoms with van der Waals surface area (Å²) in [7, 11) is 1.62. The number of rotatable bonds is 1. The fourth-order valence-corrected chi connectivity index (χ4v) is 0.868. The van der Waals surface area contributed by atoms with Crippen LogP contribution in [0.3, 0.4) is 0 Å². The van der Waals surface area contributed by atoms with E-state index in [0.717, 1.165) is 0 Å². The van der Waals surface area contributed by atoms with Gasteiger partial charge in [0.15, 0.2) is 0 Å². The van der Waals surface area contributed by atoms with E-state index in [1.165, 1.54) is 5.01 Å². The first kappa shape index (κ1) is 7.81. The SMILES string of the molecule is CNN1CC(C(F)(F)F)C1. The number of hydrogen-bond acceptors (Lipinski definition) is 2. The molecule has 10 heavy (non-hydrogen) atoms. The molecule has 0 amide bonds. The molecule has 0 aromatic rings. The van der Waals surface area contributed by atoms with Gasteiger partial charge in [0.1, 0.15) is 0 Å². The number of halogens is 3. The Labute approximate surface area is 57.0 Å². The Balaban J connectivity index is 2.26. The van der Waals surface area contributed by atoms with Gasteiger partial charge < -0.3 is 0 Å². The lowest BCUT2D eigenvalue weighted by Gasteiger charge is -2.39. The molecule has 1 N–H and O–H groups in total. The van der Waals surface area contributed by atoms with Crippen molar-refractivity contribution in [2.45, 2.75) is 6.18 Å². The van der Waals surface area contributed by atoms with Crippen LogP contribution in [-0.2, 0) is 0 Å². The van der Waals surface area contributed by atoms with Gasteiger partial charge in [0.2, 0.25) is 0 Å². The molecule has 5 heteroatoms. The summed E-state index contributed by atoms with van der Waals surface area (Å²) in [6, 6.07) is 0. The second-order valence-electron chi connectivity index (χ2n) is 2.37. The summed E-state index contributed by atoms with van der Waals surface area (Å²) in [6.07, 6.45) is -4.01. The van der Waals surface area contributed by atoms with Crippen LogP contribution in [0.5, 0.6) is 0 Å². The van der Waals surface area contributed by atoms with E-state index in [2.05, 4.69) is 5.43 Å². The second-order valence-corrected chi connectivity index (χ2v) is 2.37. The number of nitrogens with one attached hydrogen (secondary N) is 1. The number of hydrogen-bond donors (Lipinski definition) is 1. The van der Waals surface area contributed by atoms with Crippen molar-refractivity contribution in [1.29, 1.82) is 0 Å². The molecule has 0 unspecified atom stereocenters. The monoisotopic (exact) mass is 154 g/mol. The molecule has 0 aromatic carbocycles. The minimum absolute atomic E-state index is 0.0833. The highest BCUT2D eigenvalue weighted by molar-refractivity contribution is 4.81. The Hall–Kier alpha value is -0.290. The minimum atomic E-state index is -4.01. The minimum Gasteiger partial charge on any atom is -0.258 e. The van der Waals surface area contributed by atoms with Gasteiger partial charge in [0.25, 0.3) is 0 Å². The maximum atomic E-state index is 11.8. The quantitative estimate of drug-likeness (QED) is 0.595. The fourth-order valence-electron chi connectivity index (χ4n) is 0.868. The van der Waals surface area contributed by atoms with Gasteiger partial charge in [-0.05, 0) is 7.05 Å². The van der Waals surface area contributed by atoms with Crippen LogP contribution in [0, 0.1) is 5.92 Å². The average molecular weight is 154 g/mol. The van der Waals surface area contributed by atoms with Gasteiger partial charge in [-0.15, -0.1) is 0 Å². The predicted molar refractivity (Wildman–Crippen MR) is 30.2 cm³/mol. The van der Waals surface area contributed by atoms with Crippen molar-refractivity contribution >= 4 is 0 Å². The molecule has 60 valence electrons. The van der Waals surface area contributed by atoms with Gasteiger partial charge in [-0.2, -0.15) is 13.2 Å². The van der Waals surface area contributed by atoms with Crippen molar-refractivity contribution in [1.82, 2.24) is 10.4 Å². The largest absolute Gasteiger partial charge is 0.394 e. The fraction of sp³-hybridized carbons (Fsp3) is 1.00. The van der Waals surface area contributed by atoms with Crippen molar-refractivity contribution in [2.75, 3.05) is 20.1 Å². The average Bonchev–Trinajstić information content (AvgIpc) is 1.57. The molecule has 1 heterocycles. The van der Waals surface area contributed by atoms with Crippen LogP contribution in [-0.4, -0.2) is 31.3 Å². The van der Waals surface area contributed by atoms with Crippen LogP contribution in [0.4, 0.5) is 13.2 Å². The smallest absolute Gasteiger partial charge is 0.258 e. The van der Waals surface area contributed by atoms with Crippen LogP contribution >= 0.6 is 0 Å². The molecule has 2 nitrogen and oxygen atoms in total. The van der Waals surface area contributed by atoms with Crippen molar-refractivity contribution < 1.29 is 13.2 Å². The first-order valence-corrected chi connectivity index (χ1v) is 3.03. The van der Waals surface area contributed by atoms with Gasteiger partial charge in [-0.3, -0.25) is 5.43 Å². The number of hydrazine groups is 1. The Morgan fingerprint density at radius 2 is 1.90 bits per heavy atom. The Bertz CT molecular complexity index is 117. The zero-order valence-electron chi connectivity index (χ0n) is 5.57. The normalized spacial score (nSPS) is 22.8. The summed E-state index contributed by atoms with van der Waals surface area (Å²) in [5.74, 6) is -1.13. The molecule has 0 spiro atoms. The molecule has 1 aliphatic heterocycles. The second kappa shape index (κ2) is 2.39. The van der Waals surface area contributed by atoms with E-state index in [4.69, 9.17) is 0 Å². The van der Waals surface area contributed by atoms with Crippen molar-refractivity contribution in [3.63, 3.8) is 0 Å². The van der Waals surface area contributed by atoms with Gasteiger partial charge in [0, 0.05) is 13.1 Å². The van der Waals surface area contributed by atoms with Crippen molar-refractivity contribution in [3.8, 4) is 0 Å². The van der Waals surface area contributed by atoms with E-state index in [1.807, 2.05) is 0 Å². The highest BCUT2D eigenvalue weighted by Gasteiger charge is 2.46. The molecule has 1 rings (SSSR count). The van der Waals surface area contributed by atoms with E-state index in [9.17, 15) is 13.2 Å². The highest BCUT2D eigenvalue weighted by Crippen LogP contribution is 2.31. The van der Waals surface area contributed by atoms with Crippen LogP contribution in [0.2, 0.25) is 0 Å². The van der Waals surface area contributed by atoms with Gasteiger partial charge in [-0.1, -0.05) is 0 Å². The van der Waals surface area contributed by atoms with Crippen LogP contribution in [0.25, 0.3) is 0 Å². The highest BCUT2D eigenvalue weighted by atomic mass is 19.4. The molecule has 1 saturated heterocycles. The van der Waals surface area contributed by atoms with Gasteiger partial charge in [0.05, 0.1) is 5.92 Å². The summed E-state index contributed by atoms with van der Waals surface area (Å²) in [5.41, 5.74) is 2.64. The van der Waals surface area contributed by atoms with Gasteiger partial charge >= 0.3 is 6.18 Å². The molecular weight excluding hydrogens is 145 g/mol. The molecule has 0 saturated carbocycles. The first-order chi connectivity index (χ1) is 4.54. The third-order valence-corrected chi connectivity index (χ3v) is 1.66. The number of alkyl halides is 3. The summed E-state index contributed by atoms with van der Waals surface area (Å²) >= 11 is 0. The third kappa shape index (κ3) is 1.41. The Kier molecular flexibility index (Phi) is 1.87. The maximum absolute atomic E-state index is 11.8. The lowest BCUT2D eigenvalue weighted by atomic mass is 10.0. The Morgan fingerprint density at radius 3 is 2.20 bits per heavy atom. The first-order valence-electron chi connectivity index (χ1n) is 3.03. The molecule has 0 radical (unpaired) electrons. The molecule has 0 atom stereocenters. The van der Waals surface area contributed by atoms with Crippen LogP contribution in [0.15, 0.2) is 0 Å². The molecule has 0 bridgehead atoms. The molecule has 0 aliphatic carbocycles. The lowest BCUT2D eigenvalue weighted by Crippen LogP contribution is -2.57. The van der Waals surface area contributed by atoms with Gasteiger partial charge in [-0.25, -0.2) is 5.01 Å². The lowest BCUT2D eigenvalue weighted by molar-refractivity contribution is -0.214. The topological polar surface area (TPSA) is 15.3 Å². The molecule has 1 aliphatic rings. The van der Waals surface area contributed by atoms with E-state index < -0.39 is 12.1 Å². The van der Waals surface area contributed by atoms with Crippen LogP contribution < -0.4 is 5.43 Å².